The molecule has 1 aliphatic rings. The van der Waals surface area contributed by atoms with Crippen LogP contribution < -0.4 is 5.73 Å². The normalized spacial score (nSPS) is 20.4. The summed E-state index contributed by atoms with van der Waals surface area (Å²) in [6.07, 6.45) is 1.14. The highest BCUT2D eigenvalue weighted by molar-refractivity contribution is 7.99. The van der Waals surface area contributed by atoms with E-state index < -0.39 is 0 Å². The fraction of sp³-hybridized carbons (Fsp3) is 0.368. The molecule has 2 aromatic rings. The van der Waals surface area contributed by atoms with Crippen molar-refractivity contribution in [2.45, 2.75) is 54.4 Å². The zero-order chi connectivity index (χ0) is 15.0. The molecule has 1 aliphatic carbocycles. The van der Waals surface area contributed by atoms with Crippen LogP contribution in [-0.4, -0.2) is 6.04 Å². The maximum Gasteiger partial charge on any atom is 0.0122 e. The molecule has 0 saturated heterocycles. The number of rotatable bonds is 3. The van der Waals surface area contributed by atoms with Crippen LogP contribution >= 0.6 is 24.2 Å². The van der Waals surface area contributed by atoms with Crippen LogP contribution in [0.4, 0.5) is 0 Å². The molecule has 22 heavy (non-hydrogen) atoms. The van der Waals surface area contributed by atoms with E-state index in [9.17, 15) is 0 Å². The molecule has 3 rings (SSSR count). The van der Waals surface area contributed by atoms with Crippen molar-refractivity contribution in [1.82, 2.24) is 0 Å². The number of benzene rings is 2. The fourth-order valence-electron chi connectivity index (χ4n) is 2.54. The molecule has 118 valence electrons. The summed E-state index contributed by atoms with van der Waals surface area (Å²) in [7, 11) is 0. The highest BCUT2D eigenvalue weighted by Gasteiger charge is 2.34. The summed E-state index contributed by atoms with van der Waals surface area (Å²) in [4.78, 5) is 2.58. The second kappa shape index (κ2) is 6.66. The van der Waals surface area contributed by atoms with Crippen molar-refractivity contribution in [3.05, 3.63) is 59.7 Å². The minimum Gasteiger partial charge on any atom is -0.327 e. The van der Waals surface area contributed by atoms with Gasteiger partial charge < -0.3 is 5.73 Å². The summed E-state index contributed by atoms with van der Waals surface area (Å²) >= 11 is 1.82. The number of halogens is 1. The van der Waals surface area contributed by atoms with Gasteiger partial charge in [-0.25, -0.2) is 0 Å². The minimum atomic E-state index is 0. The van der Waals surface area contributed by atoms with Gasteiger partial charge in [0, 0.05) is 21.8 Å². The van der Waals surface area contributed by atoms with Crippen molar-refractivity contribution in [2.24, 2.45) is 5.73 Å². The Morgan fingerprint density at radius 1 is 0.909 bits per heavy atom. The van der Waals surface area contributed by atoms with Gasteiger partial charge in [0.05, 0.1) is 0 Å². The van der Waals surface area contributed by atoms with E-state index in [1.54, 1.807) is 0 Å². The Morgan fingerprint density at radius 3 is 1.77 bits per heavy atom. The fourth-order valence-corrected chi connectivity index (χ4v) is 3.36. The SMILES string of the molecule is CC(C)(C)c1ccc(Sc2ccc(C3CC3N)cc2)cc1.Cl. The Labute approximate surface area is 144 Å². The van der Waals surface area contributed by atoms with Gasteiger partial charge in [0.2, 0.25) is 0 Å². The standard InChI is InChI=1S/C19H23NS.ClH/c1-19(2,3)14-6-10-16(11-7-14)21-15-8-4-13(5-9-15)17-12-18(17)20;/h4-11,17-18H,12,20H2,1-3H3;1H. The van der Waals surface area contributed by atoms with Crippen LogP contribution in [0.1, 0.15) is 44.2 Å². The van der Waals surface area contributed by atoms with Gasteiger partial charge in [-0.1, -0.05) is 56.8 Å². The van der Waals surface area contributed by atoms with Crippen molar-refractivity contribution in [1.29, 1.82) is 0 Å². The van der Waals surface area contributed by atoms with E-state index in [-0.39, 0.29) is 17.8 Å². The maximum atomic E-state index is 5.90. The quantitative estimate of drug-likeness (QED) is 0.816. The summed E-state index contributed by atoms with van der Waals surface area (Å²) in [6.45, 7) is 6.74. The van der Waals surface area contributed by atoms with Crippen LogP contribution in [0.15, 0.2) is 58.3 Å². The summed E-state index contributed by atoms with van der Waals surface area (Å²) in [5.74, 6) is 0.593. The third kappa shape index (κ3) is 4.07. The Kier molecular flexibility index (Phi) is 5.26. The first-order chi connectivity index (χ1) is 9.93. The van der Waals surface area contributed by atoms with Crippen molar-refractivity contribution in [2.75, 3.05) is 0 Å². The molecular weight excluding hydrogens is 310 g/mol. The molecular formula is C19H24ClNS. The first kappa shape index (κ1) is 17.4. The topological polar surface area (TPSA) is 26.0 Å². The monoisotopic (exact) mass is 333 g/mol. The highest BCUT2D eigenvalue weighted by Crippen LogP contribution is 2.40. The molecule has 2 unspecified atom stereocenters. The molecule has 0 bridgehead atoms. The summed E-state index contributed by atoms with van der Waals surface area (Å²) in [5.41, 5.74) is 8.88. The molecule has 2 N–H and O–H groups in total. The molecule has 0 aromatic heterocycles. The number of nitrogens with two attached hydrogens (primary N) is 1. The van der Waals surface area contributed by atoms with Crippen LogP contribution in [0, 0.1) is 0 Å². The molecule has 1 saturated carbocycles. The van der Waals surface area contributed by atoms with E-state index in [4.69, 9.17) is 5.73 Å². The molecule has 0 heterocycles. The van der Waals surface area contributed by atoms with Gasteiger partial charge in [-0.15, -0.1) is 12.4 Å². The van der Waals surface area contributed by atoms with E-state index >= 15 is 0 Å². The van der Waals surface area contributed by atoms with Crippen molar-refractivity contribution < 1.29 is 0 Å². The summed E-state index contributed by atoms with van der Waals surface area (Å²) in [6, 6.07) is 18.2. The Balaban J connectivity index is 0.00000176. The predicted octanol–water partition coefficient (Wildman–Crippen LogP) is 5.37. The van der Waals surface area contributed by atoms with Gasteiger partial charge >= 0.3 is 0 Å². The minimum absolute atomic E-state index is 0. The molecule has 0 spiro atoms. The van der Waals surface area contributed by atoms with Crippen LogP contribution in [-0.2, 0) is 5.41 Å². The Bertz CT molecular complexity index is 613. The summed E-state index contributed by atoms with van der Waals surface area (Å²) in [5, 5.41) is 0. The first-order valence-electron chi connectivity index (χ1n) is 7.57. The van der Waals surface area contributed by atoms with Crippen LogP contribution in [0.2, 0.25) is 0 Å². The molecule has 1 fully saturated rings. The second-order valence-electron chi connectivity index (χ2n) is 6.95. The van der Waals surface area contributed by atoms with Gasteiger partial charge in [-0.3, -0.25) is 0 Å². The number of hydrogen-bond acceptors (Lipinski definition) is 2. The Hall–Kier alpha value is -0.960. The zero-order valence-electron chi connectivity index (χ0n) is 13.4. The van der Waals surface area contributed by atoms with E-state index in [1.165, 1.54) is 20.9 Å². The Morgan fingerprint density at radius 2 is 1.36 bits per heavy atom. The van der Waals surface area contributed by atoms with Crippen molar-refractivity contribution >= 4 is 24.2 Å². The van der Waals surface area contributed by atoms with Gasteiger partial charge in [-0.05, 0) is 47.2 Å². The lowest BCUT2D eigenvalue weighted by Crippen LogP contribution is -2.10. The van der Waals surface area contributed by atoms with E-state index in [1.807, 2.05) is 11.8 Å². The van der Waals surface area contributed by atoms with Gasteiger partial charge in [0.1, 0.15) is 0 Å². The lowest BCUT2D eigenvalue weighted by Gasteiger charge is -2.19. The smallest absolute Gasteiger partial charge is 0.0122 e. The largest absolute Gasteiger partial charge is 0.327 e. The molecule has 0 amide bonds. The van der Waals surface area contributed by atoms with E-state index in [0.29, 0.717) is 12.0 Å². The third-order valence-electron chi connectivity index (χ3n) is 4.10. The predicted molar refractivity (Wildman–Crippen MR) is 98.3 cm³/mol. The lowest BCUT2D eigenvalue weighted by molar-refractivity contribution is 0.590. The van der Waals surface area contributed by atoms with Crippen LogP contribution in [0.5, 0.6) is 0 Å². The highest BCUT2D eigenvalue weighted by atomic mass is 35.5. The van der Waals surface area contributed by atoms with Gasteiger partial charge in [0.15, 0.2) is 0 Å². The van der Waals surface area contributed by atoms with Gasteiger partial charge in [-0.2, -0.15) is 0 Å². The van der Waals surface area contributed by atoms with Crippen LogP contribution in [0.3, 0.4) is 0 Å². The molecule has 2 aromatic carbocycles. The van der Waals surface area contributed by atoms with Gasteiger partial charge in [0.25, 0.3) is 0 Å². The zero-order valence-corrected chi connectivity index (χ0v) is 15.0. The molecule has 0 radical (unpaired) electrons. The van der Waals surface area contributed by atoms with Crippen molar-refractivity contribution in [3.8, 4) is 0 Å². The molecule has 3 heteroatoms. The maximum absolute atomic E-state index is 5.90. The number of hydrogen-bond donors (Lipinski definition) is 1. The lowest BCUT2D eigenvalue weighted by atomic mass is 9.87. The van der Waals surface area contributed by atoms with E-state index in [2.05, 4.69) is 69.3 Å². The third-order valence-corrected chi connectivity index (χ3v) is 5.12. The van der Waals surface area contributed by atoms with E-state index in [0.717, 1.165) is 6.42 Å². The molecule has 0 aliphatic heterocycles. The summed E-state index contributed by atoms with van der Waals surface area (Å²) < 4.78 is 0. The second-order valence-corrected chi connectivity index (χ2v) is 8.10. The average Bonchev–Trinajstić information content (AvgIpc) is 3.16. The average molecular weight is 334 g/mol. The molecule has 1 nitrogen and oxygen atoms in total. The van der Waals surface area contributed by atoms with Crippen LogP contribution in [0.25, 0.3) is 0 Å². The first-order valence-corrected chi connectivity index (χ1v) is 8.39. The molecule has 2 atom stereocenters. The van der Waals surface area contributed by atoms with Crippen molar-refractivity contribution in [3.63, 3.8) is 0 Å².